The number of aliphatic hydroxyl groups is 1. The van der Waals surface area contributed by atoms with Gasteiger partial charge in [0.1, 0.15) is 0 Å². The van der Waals surface area contributed by atoms with Gasteiger partial charge in [-0.1, -0.05) is 23.6 Å². The number of aliphatic hydroxyl groups excluding tert-OH is 1. The van der Waals surface area contributed by atoms with Gasteiger partial charge in [-0.2, -0.15) is 0 Å². The number of hydrogen-bond acceptors (Lipinski definition) is 3. The van der Waals surface area contributed by atoms with Crippen LogP contribution in [0.1, 0.15) is 30.5 Å². The van der Waals surface area contributed by atoms with Crippen molar-refractivity contribution in [3.05, 3.63) is 34.3 Å². The highest BCUT2D eigenvalue weighted by Crippen LogP contribution is 2.24. The Morgan fingerprint density at radius 1 is 1.65 bits per heavy atom. The molecule has 0 saturated carbocycles. The molecule has 0 spiro atoms. The number of β-amino-alcohol motifs (C(OH)–C–C–N with tert-alkyl or cyclic N) is 1. The van der Waals surface area contributed by atoms with Crippen LogP contribution < -0.4 is 10.6 Å². The van der Waals surface area contributed by atoms with Gasteiger partial charge in [0, 0.05) is 17.1 Å². The number of hydrogen-bond donors (Lipinski definition) is 3. The summed E-state index contributed by atoms with van der Waals surface area (Å²) in [6.45, 7) is 2.31. The SMILES string of the molecule is C#Cc1ccc([C@H](C)NC(=O)[C@@H]2C[C@@H](O)CN2)c(Cl)c1. The van der Waals surface area contributed by atoms with Crippen molar-refractivity contribution in [1.82, 2.24) is 10.6 Å². The minimum absolute atomic E-state index is 0.133. The molecule has 5 heteroatoms. The number of halogens is 1. The fourth-order valence-corrected chi connectivity index (χ4v) is 2.62. The first kappa shape index (κ1) is 14.9. The van der Waals surface area contributed by atoms with E-state index in [1.165, 1.54) is 0 Å². The molecule has 4 nitrogen and oxygen atoms in total. The number of amides is 1. The van der Waals surface area contributed by atoms with Crippen molar-refractivity contribution in [3.63, 3.8) is 0 Å². The van der Waals surface area contributed by atoms with Crippen LogP contribution in [-0.4, -0.2) is 29.7 Å². The summed E-state index contributed by atoms with van der Waals surface area (Å²) in [7, 11) is 0. The van der Waals surface area contributed by atoms with E-state index in [4.69, 9.17) is 18.0 Å². The molecule has 1 heterocycles. The summed E-state index contributed by atoms with van der Waals surface area (Å²) in [6.07, 6.45) is 5.29. The van der Waals surface area contributed by atoms with E-state index in [-0.39, 0.29) is 18.0 Å². The first-order valence-corrected chi connectivity index (χ1v) is 6.87. The minimum atomic E-state index is -0.459. The highest BCUT2D eigenvalue weighted by Gasteiger charge is 2.29. The van der Waals surface area contributed by atoms with Crippen molar-refractivity contribution < 1.29 is 9.90 Å². The maximum absolute atomic E-state index is 12.0. The molecule has 1 aromatic carbocycles. The molecule has 0 unspecified atom stereocenters. The van der Waals surface area contributed by atoms with E-state index in [9.17, 15) is 9.90 Å². The summed E-state index contributed by atoms with van der Waals surface area (Å²) in [5.74, 6) is 2.38. The number of carbonyl (C=O) groups excluding carboxylic acids is 1. The molecule has 0 radical (unpaired) electrons. The Labute approximate surface area is 123 Å². The number of terminal acetylenes is 1. The van der Waals surface area contributed by atoms with Crippen molar-refractivity contribution in [2.75, 3.05) is 6.54 Å². The lowest BCUT2D eigenvalue weighted by molar-refractivity contribution is -0.123. The molecule has 1 fully saturated rings. The molecule has 0 aromatic heterocycles. The van der Waals surface area contributed by atoms with Crippen LogP contribution in [0, 0.1) is 12.3 Å². The summed E-state index contributed by atoms with van der Waals surface area (Å²) < 4.78 is 0. The van der Waals surface area contributed by atoms with E-state index in [1.807, 2.05) is 13.0 Å². The Morgan fingerprint density at radius 2 is 2.40 bits per heavy atom. The molecule has 0 aliphatic carbocycles. The fourth-order valence-electron chi connectivity index (χ4n) is 2.28. The van der Waals surface area contributed by atoms with Crippen LogP contribution in [0.3, 0.4) is 0 Å². The first-order valence-electron chi connectivity index (χ1n) is 6.49. The van der Waals surface area contributed by atoms with Gasteiger partial charge >= 0.3 is 0 Å². The van der Waals surface area contributed by atoms with Crippen LogP contribution in [0.5, 0.6) is 0 Å². The molecule has 0 bridgehead atoms. The van der Waals surface area contributed by atoms with E-state index in [2.05, 4.69) is 16.6 Å². The molecular weight excluding hydrogens is 276 g/mol. The highest BCUT2D eigenvalue weighted by atomic mass is 35.5. The van der Waals surface area contributed by atoms with Crippen molar-refractivity contribution >= 4 is 17.5 Å². The average molecular weight is 293 g/mol. The maximum Gasteiger partial charge on any atom is 0.237 e. The molecule has 1 amide bonds. The normalized spacial score (nSPS) is 23.1. The summed E-state index contributed by atoms with van der Waals surface area (Å²) in [5, 5.41) is 15.8. The van der Waals surface area contributed by atoms with E-state index >= 15 is 0 Å². The summed E-state index contributed by atoms with van der Waals surface area (Å²) in [6, 6.07) is 4.75. The number of carbonyl (C=O) groups is 1. The monoisotopic (exact) mass is 292 g/mol. The third-order valence-electron chi connectivity index (χ3n) is 3.42. The number of nitrogens with one attached hydrogen (secondary N) is 2. The zero-order valence-corrected chi connectivity index (χ0v) is 11.9. The highest BCUT2D eigenvalue weighted by molar-refractivity contribution is 6.31. The molecule has 1 aliphatic heterocycles. The van der Waals surface area contributed by atoms with Crippen molar-refractivity contribution in [2.24, 2.45) is 0 Å². The molecular formula is C15H17ClN2O2. The van der Waals surface area contributed by atoms with Gasteiger partial charge in [-0.15, -0.1) is 6.42 Å². The van der Waals surface area contributed by atoms with Gasteiger partial charge in [0.25, 0.3) is 0 Å². The second-order valence-electron chi connectivity index (χ2n) is 4.96. The van der Waals surface area contributed by atoms with Crippen molar-refractivity contribution in [2.45, 2.75) is 31.5 Å². The number of benzene rings is 1. The van der Waals surface area contributed by atoms with Gasteiger partial charge in [-0.3, -0.25) is 4.79 Å². The zero-order chi connectivity index (χ0) is 14.7. The van der Waals surface area contributed by atoms with E-state index in [0.29, 0.717) is 23.6 Å². The molecule has 3 atom stereocenters. The van der Waals surface area contributed by atoms with Crippen LogP contribution in [0.15, 0.2) is 18.2 Å². The van der Waals surface area contributed by atoms with Crippen LogP contribution >= 0.6 is 11.6 Å². The average Bonchev–Trinajstić information content (AvgIpc) is 2.85. The lowest BCUT2D eigenvalue weighted by atomic mass is 10.1. The third kappa shape index (κ3) is 3.31. The summed E-state index contributed by atoms with van der Waals surface area (Å²) >= 11 is 6.17. The van der Waals surface area contributed by atoms with Gasteiger partial charge in [0.2, 0.25) is 5.91 Å². The van der Waals surface area contributed by atoms with Crippen molar-refractivity contribution in [1.29, 1.82) is 0 Å². The Balaban J connectivity index is 2.03. The molecule has 1 aromatic rings. The summed E-state index contributed by atoms with van der Waals surface area (Å²) in [5.41, 5.74) is 1.52. The topological polar surface area (TPSA) is 61.4 Å². The van der Waals surface area contributed by atoms with Gasteiger partial charge in [0.05, 0.1) is 18.2 Å². The number of rotatable bonds is 3. The molecule has 20 heavy (non-hydrogen) atoms. The van der Waals surface area contributed by atoms with Crippen LogP contribution in [-0.2, 0) is 4.79 Å². The largest absolute Gasteiger partial charge is 0.392 e. The van der Waals surface area contributed by atoms with E-state index in [1.54, 1.807) is 12.1 Å². The Kier molecular flexibility index (Phi) is 4.66. The lowest BCUT2D eigenvalue weighted by Gasteiger charge is -2.18. The molecule has 106 valence electrons. The quantitative estimate of drug-likeness (QED) is 0.734. The van der Waals surface area contributed by atoms with Gasteiger partial charge in [-0.05, 0) is 31.0 Å². The second-order valence-corrected chi connectivity index (χ2v) is 5.37. The van der Waals surface area contributed by atoms with Gasteiger partial charge < -0.3 is 15.7 Å². The van der Waals surface area contributed by atoms with Crippen LogP contribution in [0.25, 0.3) is 0 Å². The fraction of sp³-hybridized carbons (Fsp3) is 0.400. The molecule has 2 rings (SSSR count). The third-order valence-corrected chi connectivity index (χ3v) is 3.74. The predicted octanol–water partition coefficient (Wildman–Crippen LogP) is 1.22. The second kappa shape index (κ2) is 6.27. The standard InChI is InChI=1S/C15H17ClN2O2/c1-3-10-4-5-12(13(16)6-10)9(2)18-15(20)14-7-11(19)8-17-14/h1,4-6,9,11,14,17,19H,7-8H2,2H3,(H,18,20)/t9-,11+,14-/m0/s1. The molecule has 3 N–H and O–H groups in total. The molecule has 1 saturated heterocycles. The Hall–Kier alpha value is -1.54. The zero-order valence-electron chi connectivity index (χ0n) is 11.2. The van der Waals surface area contributed by atoms with E-state index < -0.39 is 6.10 Å². The van der Waals surface area contributed by atoms with Crippen LogP contribution in [0.2, 0.25) is 5.02 Å². The maximum atomic E-state index is 12.0. The predicted molar refractivity (Wildman–Crippen MR) is 78.4 cm³/mol. The minimum Gasteiger partial charge on any atom is -0.392 e. The smallest absolute Gasteiger partial charge is 0.237 e. The van der Waals surface area contributed by atoms with Crippen LogP contribution in [0.4, 0.5) is 0 Å². The lowest BCUT2D eigenvalue weighted by Crippen LogP contribution is -2.41. The van der Waals surface area contributed by atoms with E-state index in [0.717, 1.165) is 5.56 Å². The Morgan fingerprint density at radius 3 is 2.95 bits per heavy atom. The van der Waals surface area contributed by atoms with Gasteiger partial charge in [0.15, 0.2) is 0 Å². The van der Waals surface area contributed by atoms with Crippen molar-refractivity contribution in [3.8, 4) is 12.3 Å². The Bertz CT molecular complexity index is 553. The van der Waals surface area contributed by atoms with Gasteiger partial charge in [-0.25, -0.2) is 0 Å². The summed E-state index contributed by atoms with van der Waals surface area (Å²) in [4.78, 5) is 12.0. The first-order chi connectivity index (χ1) is 9.51. The molecule has 1 aliphatic rings.